The van der Waals surface area contributed by atoms with Crippen LogP contribution in [0, 0.1) is 0 Å². The molecule has 0 spiro atoms. The predicted octanol–water partition coefficient (Wildman–Crippen LogP) is 2.92. The molecule has 0 bridgehead atoms. The van der Waals surface area contributed by atoms with Gasteiger partial charge in [0.2, 0.25) is 0 Å². The molecule has 0 rings (SSSR count). The van der Waals surface area contributed by atoms with Crippen molar-refractivity contribution < 1.29 is 0 Å². The molecular weight excluding hydrogens is 140 g/mol. The maximum absolute atomic E-state index is 4.33. The molecule has 0 amide bonds. The Kier molecular flexibility index (Phi) is 6.45. The maximum atomic E-state index is 4.33. The molecule has 0 nitrogen and oxygen atoms in total. The molecule has 8 heavy (non-hydrogen) atoms. The summed E-state index contributed by atoms with van der Waals surface area (Å²) in [5, 5.41) is 0. The summed E-state index contributed by atoms with van der Waals surface area (Å²) in [5.74, 6) is 0. The Labute approximate surface area is 63.9 Å². The summed E-state index contributed by atoms with van der Waals surface area (Å²) in [4.78, 5) is 0. The lowest BCUT2D eigenvalue weighted by Crippen LogP contribution is -2.08. The first-order chi connectivity index (χ1) is 3.06. The highest BCUT2D eigenvalue weighted by Gasteiger charge is 2.07. The van der Waals surface area contributed by atoms with E-state index in [0.29, 0.717) is 0 Å². The smallest absolute Gasteiger partial charge is 0.00730 e. The van der Waals surface area contributed by atoms with Crippen molar-refractivity contribution in [1.82, 2.24) is 0 Å². The number of thiol groups is 1. The van der Waals surface area contributed by atoms with E-state index in [1.165, 1.54) is 12.8 Å². The molecule has 0 fully saturated rings. The van der Waals surface area contributed by atoms with Gasteiger partial charge >= 0.3 is 0 Å². The molecule has 0 aromatic rings. The fraction of sp³-hybridized carbons (Fsp3) is 1.00. The van der Waals surface area contributed by atoms with Gasteiger partial charge in [0.1, 0.15) is 0 Å². The maximum Gasteiger partial charge on any atom is 0.00730 e. The van der Waals surface area contributed by atoms with Gasteiger partial charge in [-0.2, -0.15) is 12.6 Å². The van der Waals surface area contributed by atoms with Crippen molar-refractivity contribution >= 4 is 25.0 Å². The fourth-order valence-electron chi connectivity index (χ4n) is 0.612. The molecule has 0 aliphatic rings. The van der Waals surface area contributed by atoms with Crippen molar-refractivity contribution in [3.8, 4) is 0 Å². The number of rotatable bonds is 2. The van der Waals surface area contributed by atoms with Gasteiger partial charge < -0.3 is 0 Å². The van der Waals surface area contributed by atoms with E-state index >= 15 is 0 Å². The first-order valence-corrected chi connectivity index (χ1v) is 3.23. The third-order valence-electron chi connectivity index (χ3n) is 0.862. The molecule has 0 unspecified atom stereocenters. The zero-order chi connectivity index (χ0) is 5.91. The second-order valence-corrected chi connectivity index (χ2v) is 3.77. The summed E-state index contributed by atoms with van der Waals surface area (Å²) in [6.45, 7) is 6.46. The van der Waals surface area contributed by atoms with Gasteiger partial charge in [0.25, 0.3) is 0 Å². The predicted molar refractivity (Wildman–Crippen MR) is 45.2 cm³/mol. The van der Waals surface area contributed by atoms with E-state index in [2.05, 4.69) is 33.4 Å². The van der Waals surface area contributed by atoms with Crippen LogP contribution in [-0.2, 0) is 0 Å². The summed E-state index contributed by atoms with van der Waals surface area (Å²) < 4.78 is 0.245. The Morgan fingerprint density at radius 3 is 1.75 bits per heavy atom. The van der Waals surface area contributed by atoms with E-state index in [-0.39, 0.29) is 17.2 Å². The summed E-state index contributed by atoms with van der Waals surface area (Å²) >= 11 is 4.33. The Hall–Kier alpha value is 0.640. The molecule has 0 radical (unpaired) electrons. The zero-order valence-electron chi connectivity index (χ0n) is 5.77. The molecule has 0 atom stereocenters. The standard InChI is InChI=1S/C6H14S.ClH/c1-4-5-6(2,3)7;/h7H,4-5H2,1-3H3;1H. The van der Waals surface area contributed by atoms with Crippen LogP contribution in [-0.4, -0.2) is 4.75 Å². The molecule has 2 heteroatoms. The quantitative estimate of drug-likeness (QED) is 0.581. The SMILES string of the molecule is CCCC(C)(C)S.Cl. The molecule has 0 aromatic heterocycles. The van der Waals surface area contributed by atoms with Crippen molar-refractivity contribution in [2.75, 3.05) is 0 Å². The van der Waals surface area contributed by atoms with Gasteiger partial charge in [0, 0.05) is 4.75 Å². The monoisotopic (exact) mass is 154 g/mol. The van der Waals surface area contributed by atoms with Gasteiger partial charge in [-0.1, -0.05) is 27.2 Å². The lowest BCUT2D eigenvalue weighted by molar-refractivity contribution is 0.632. The summed E-state index contributed by atoms with van der Waals surface area (Å²) in [6, 6.07) is 0. The average Bonchev–Trinajstić information content (AvgIpc) is 1.30. The van der Waals surface area contributed by atoms with Crippen LogP contribution in [0.5, 0.6) is 0 Å². The molecule has 0 aromatic carbocycles. The summed E-state index contributed by atoms with van der Waals surface area (Å²) in [6.07, 6.45) is 2.44. The summed E-state index contributed by atoms with van der Waals surface area (Å²) in [5.41, 5.74) is 0. The number of hydrogen-bond donors (Lipinski definition) is 1. The van der Waals surface area contributed by atoms with E-state index in [1.807, 2.05) is 0 Å². The van der Waals surface area contributed by atoms with Gasteiger partial charge in [0.15, 0.2) is 0 Å². The van der Waals surface area contributed by atoms with Crippen LogP contribution in [0.3, 0.4) is 0 Å². The molecule has 0 saturated heterocycles. The lowest BCUT2D eigenvalue weighted by Gasteiger charge is -2.14. The highest BCUT2D eigenvalue weighted by molar-refractivity contribution is 7.81. The Balaban J connectivity index is 0. The zero-order valence-corrected chi connectivity index (χ0v) is 7.48. The third kappa shape index (κ3) is 9.81. The molecule has 0 aliphatic heterocycles. The molecule has 0 aliphatic carbocycles. The van der Waals surface area contributed by atoms with Gasteiger partial charge in [-0.15, -0.1) is 12.4 Å². The van der Waals surface area contributed by atoms with Gasteiger partial charge in [0.05, 0.1) is 0 Å². The largest absolute Gasteiger partial charge is 0.173 e. The van der Waals surface area contributed by atoms with E-state index < -0.39 is 0 Å². The Morgan fingerprint density at radius 1 is 1.38 bits per heavy atom. The minimum atomic E-state index is 0. The average molecular weight is 155 g/mol. The van der Waals surface area contributed by atoms with Crippen LogP contribution < -0.4 is 0 Å². The van der Waals surface area contributed by atoms with Crippen LogP contribution in [0.1, 0.15) is 33.6 Å². The summed E-state index contributed by atoms with van der Waals surface area (Å²) in [7, 11) is 0. The van der Waals surface area contributed by atoms with Crippen LogP contribution in [0.2, 0.25) is 0 Å². The normalized spacial score (nSPS) is 10.5. The lowest BCUT2D eigenvalue weighted by atomic mass is 10.1. The van der Waals surface area contributed by atoms with E-state index in [1.54, 1.807) is 0 Å². The first kappa shape index (κ1) is 11.4. The Morgan fingerprint density at radius 2 is 1.75 bits per heavy atom. The van der Waals surface area contributed by atoms with Gasteiger partial charge in [-0.3, -0.25) is 0 Å². The van der Waals surface area contributed by atoms with Crippen LogP contribution in [0.15, 0.2) is 0 Å². The minimum Gasteiger partial charge on any atom is -0.173 e. The van der Waals surface area contributed by atoms with E-state index in [9.17, 15) is 0 Å². The van der Waals surface area contributed by atoms with Crippen molar-refractivity contribution in [1.29, 1.82) is 0 Å². The fourth-order valence-corrected chi connectivity index (χ4v) is 0.835. The van der Waals surface area contributed by atoms with Crippen LogP contribution in [0.25, 0.3) is 0 Å². The highest BCUT2D eigenvalue weighted by Crippen LogP contribution is 2.17. The topological polar surface area (TPSA) is 0 Å². The Bertz CT molecular complexity index is 47.0. The van der Waals surface area contributed by atoms with Crippen LogP contribution >= 0.6 is 25.0 Å². The third-order valence-corrected chi connectivity index (χ3v) is 1.09. The van der Waals surface area contributed by atoms with Gasteiger partial charge in [-0.05, 0) is 6.42 Å². The first-order valence-electron chi connectivity index (χ1n) is 2.78. The molecular formula is C6H15ClS. The molecule has 0 saturated carbocycles. The van der Waals surface area contributed by atoms with Crippen molar-refractivity contribution in [2.24, 2.45) is 0 Å². The number of hydrogen-bond acceptors (Lipinski definition) is 1. The van der Waals surface area contributed by atoms with Crippen molar-refractivity contribution in [3.63, 3.8) is 0 Å². The highest BCUT2D eigenvalue weighted by atomic mass is 35.5. The van der Waals surface area contributed by atoms with Gasteiger partial charge in [-0.25, -0.2) is 0 Å². The molecule has 0 heterocycles. The number of halogens is 1. The second-order valence-electron chi connectivity index (χ2n) is 2.56. The van der Waals surface area contributed by atoms with E-state index in [4.69, 9.17) is 0 Å². The van der Waals surface area contributed by atoms with Crippen molar-refractivity contribution in [3.05, 3.63) is 0 Å². The minimum absolute atomic E-state index is 0. The second kappa shape index (κ2) is 4.51. The molecule has 0 N–H and O–H groups in total. The van der Waals surface area contributed by atoms with E-state index in [0.717, 1.165) is 0 Å². The molecule has 52 valence electrons. The van der Waals surface area contributed by atoms with Crippen molar-refractivity contribution in [2.45, 2.75) is 38.4 Å². The van der Waals surface area contributed by atoms with Crippen LogP contribution in [0.4, 0.5) is 0 Å².